The van der Waals surface area contributed by atoms with Crippen LogP contribution in [0.3, 0.4) is 0 Å². The van der Waals surface area contributed by atoms with Crippen molar-refractivity contribution in [1.29, 1.82) is 0 Å². The van der Waals surface area contributed by atoms with Crippen molar-refractivity contribution in [2.75, 3.05) is 6.54 Å². The van der Waals surface area contributed by atoms with Crippen LogP contribution < -0.4 is 5.43 Å². The van der Waals surface area contributed by atoms with Crippen molar-refractivity contribution in [3.05, 3.63) is 34.3 Å². The first kappa shape index (κ1) is 10.6. The molecule has 1 N–H and O–H groups in total. The predicted octanol–water partition coefficient (Wildman–Crippen LogP) is 2.08. The maximum absolute atomic E-state index is 11.5. The van der Waals surface area contributed by atoms with Gasteiger partial charge in [0.15, 0.2) is 0 Å². The summed E-state index contributed by atoms with van der Waals surface area (Å²) in [6.45, 7) is 1.53. The van der Waals surface area contributed by atoms with Crippen LogP contribution in [-0.2, 0) is 11.3 Å². The molecule has 0 saturated carbocycles. The highest BCUT2D eigenvalue weighted by molar-refractivity contribution is 9.10. The third kappa shape index (κ3) is 2.79. The molecular weight excluding hydrogens is 256 g/mol. The molecule has 0 aliphatic carbocycles. The van der Waals surface area contributed by atoms with Gasteiger partial charge in [-0.05, 0) is 24.1 Å². The van der Waals surface area contributed by atoms with Crippen molar-refractivity contribution < 1.29 is 4.79 Å². The average molecular weight is 269 g/mol. The molecular formula is C11H13BrN2O. The Morgan fingerprint density at radius 3 is 3.07 bits per heavy atom. The van der Waals surface area contributed by atoms with Crippen LogP contribution in [0.4, 0.5) is 0 Å². The van der Waals surface area contributed by atoms with E-state index in [0.717, 1.165) is 23.0 Å². The molecule has 1 heterocycles. The van der Waals surface area contributed by atoms with Gasteiger partial charge in [0, 0.05) is 17.4 Å². The number of rotatable bonds is 2. The van der Waals surface area contributed by atoms with E-state index in [1.807, 2.05) is 24.3 Å². The average Bonchev–Trinajstić information content (AvgIpc) is 2.22. The Morgan fingerprint density at radius 1 is 1.47 bits per heavy atom. The van der Waals surface area contributed by atoms with Gasteiger partial charge in [-0.1, -0.05) is 28.1 Å². The number of nitrogens with one attached hydrogen (secondary N) is 1. The van der Waals surface area contributed by atoms with Crippen molar-refractivity contribution in [3.63, 3.8) is 0 Å². The van der Waals surface area contributed by atoms with E-state index in [9.17, 15) is 4.79 Å². The summed E-state index contributed by atoms with van der Waals surface area (Å²) in [6.07, 6.45) is 1.59. The van der Waals surface area contributed by atoms with Crippen LogP contribution in [0.25, 0.3) is 0 Å². The fraction of sp³-hybridized carbons (Fsp3) is 0.364. The van der Waals surface area contributed by atoms with Crippen LogP contribution in [0.5, 0.6) is 0 Å². The molecule has 0 aromatic heterocycles. The fourth-order valence-electron chi connectivity index (χ4n) is 1.64. The highest BCUT2D eigenvalue weighted by atomic mass is 79.9. The first-order valence-electron chi connectivity index (χ1n) is 5.04. The van der Waals surface area contributed by atoms with Gasteiger partial charge in [-0.25, -0.2) is 5.43 Å². The quantitative estimate of drug-likeness (QED) is 0.891. The summed E-state index contributed by atoms with van der Waals surface area (Å²) in [5.41, 5.74) is 4.24. The third-order valence-electron chi connectivity index (χ3n) is 2.40. The Kier molecular flexibility index (Phi) is 3.38. The summed E-state index contributed by atoms with van der Waals surface area (Å²) in [4.78, 5) is 11.5. The van der Waals surface area contributed by atoms with Crippen molar-refractivity contribution in [3.8, 4) is 0 Å². The molecule has 0 spiro atoms. The normalized spacial score (nSPS) is 16.9. The molecule has 4 heteroatoms. The molecule has 1 aromatic rings. The molecule has 1 aliphatic heterocycles. The van der Waals surface area contributed by atoms with E-state index < -0.39 is 0 Å². The van der Waals surface area contributed by atoms with Crippen molar-refractivity contribution in [1.82, 2.24) is 10.4 Å². The fourth-order valence-corrected chi connectivity index (χ4v) is 2.09. The lowest BCUT2D eigenvalue weighted by Crippen LogP contribution is -2.46. The predicted molar refractivity (Wildman–Crippen MR) is 61.9 cm³/mol. The van der Waals surface area contributed by atoms with Gasteiger partial charge in [0.1, 0.15) is 0 Å². The molecule has 0 bridgehead atoms. The van der Waals surface area contributed by atoms with Gasteiger partial charge in [-0.3, -0.25) is 9.80 Å². The lowest BCUT2D eigenvalue weighted by Gasteiger charge is -2.27. The number of nitrogens with zero attached hydrogens (tertiary/aromatic N) is 1. The zero-order chi connectivity index (χ0) is 10.7. The van der Waals surface area contributed by atoms with Crippen LogP contribution >= 0.6 is 15.9 Å². The molecule has 0 radical (unpaired) electrons. The largest absolute Gasteiger partial charge is 0.274 e. The highest BCUT2D eigenvalue weighted by Crippen LogP contribution is 2.14. The van der Waals surface area contributed by atoms with E-state index in [-0.39, 0.29) is 5.91 Å². The van der Waals surface area contributed by atoms with E-state index in [2.05, 4.69) is 21.4 Å². The van der Waals surface area contributed by atoms with E-state index in [4.69, 9.17) is 0 Å². The van der Waals surface area contributed by atoms with E-state index in [1.54, 1.807) is 5.01 Å². The Morgan fingerprint density at radius 2 is 2.33 bits per heavy atom. The van der Waals surface area contributed by atoms with Gasteiger partial charge in [0.05, 0.1) is 6.54 Å². The second-order valence-corrected chi connectivity index (χ2v) is 4.54. The van der Waals surface area contributed by atoms with Crippen LogP contribution in [-0.4, -0.2) is 17.5 Å². The summed E-state index contributed by atoms with van der Waals surface area (Å²) in [5.74, 6) is 0.182. The highest BCUT2D eigenvalue weighted by Gasteiger charge is 2.17. The number of hydrazine groups is 1. The molecule has 80 valence electrons. The molecule has 2 rings (SSSR count). The lowest BCUT2D eigenvalue weighted by atomic mass is 10.2. The van der Waals surface area contributed by atoms with Crippen LogP contribution in [0.2, 0.25) is 0 Å². The molecule has 15 heavy (non-hydrogen) atoms. The number of carbonyl (C=O) groups excluding carboxylic acids is 1. The van der Waals surface area contributed by atoms with Gasteiger partial charge < -0.3 is 0 Å². The van der Waals surface area contributed by atoms with Crippen molar-refractivity contribution in [2.45, 2.75) is 19.4 Å². The van der Waals surface area contributed by atoms with Gasteiger partial charge in [-0.2, -0.15) is 0 Å². The van der Waals surface area contributed by atoms with E-state index >= 15 is 0 Å². The number of hydrogen-bond donors (Lipinski definition) is 1. The molecule has 1 aliphatic rings. The minimum Gasteiger partial charge on any atom is -0.274 e. The smallest absolute Gasteiger partial charge is 0.237 e. The SMILES string of the molecule is O=C1CCCNN1Cc1cccc(Br)c1. The molecule has 0 atom stereocenters. The van der Waals surface area contributed by atoms with Gasteiger partial charge >= 0.3 is 0 Å². The minimum atomic E-state index is 0.182. The first-order valence-corrected chi connectivity index (χ1v) is 5.83. The minimum absolute atomic E-state index is 0.182. The van der Waals surface area contributed by atoms with Gasteiger partial charge in [0.2, 0.25) is 5.91 Å². The summed E-state index contributed by atoms with van der Waals surface area (Å²) < 4.78 is 1.05. The first-order chi connectivity index (χ1) is 7.25. The standard InChI is InChI=1S/C11H13BrN2O/c12-10-4-1-3-9(7-10)8-14-11(15)5-2-6-13-14/h1,3-4,7,13H,2,5-6,8H2. The molecule has 1 aromatic carbocycles. The topological polar surface area (TPSA) is 32.3 Å². The lowest BCUT2D eigenvalue weighted by molar-refractivity contribution is -0.137. The number of hydrogen-bond acceptors (Lipinski definition) is 2. The molecule has 1 fully saturated rings. The van der Waals surface area contributed by atoms with Crippen molar-refractivity contribution >= 4 is 21.8 Å². The molecule has 1 amide bonds. The third-order valence-corrected chi connectivity index (χ3v) is 2.89. The number of amides is 1. The zero-order valence-electron chi connectivity index (χ0n) is 8.37. The number of carbonyl (C=O) groups is 1. The van der Waals surface area contributed by atoms with E-state index in [0.29, 0.717) is 13.0 Å². The Hall–Kier alpha value is -0.870. The van der Waals surface area contributed by atoms with Crippen LogP contribution in [0.1, 0.15) is 18.4 Å². The maximum atomic E-state index is 11.5. The summed E-state index contributed by atoms with van der Waals surface area (Å²) in [5, 5.41) is 1.70. The van der Waals surface area contributed by atoms with Gasteiger partial charge in [0.25, 0.3) is 0 Å². The van der Waals surface area contributed by atoms with Crippen LogP contribution in [0.15, 0.2) is 28.7 Å². The second kappa shape index (κ2) is 4.77. The van der Waals surface area contributed by atoms with Crippen LogP contribution in [0, 0.1) is 0 Å². The molecule has 3 nitrogen and oxygen atoms in total. The molecule has 0 unspecified atom stereocenters. The second-order valence-electron chi connectivity index (χ2n) is 3.62. The Bertz CT molecular complexity index is 367. The van der Waals surface area contributed by atoms with E-state index in [1.165, 1.54) is 0 Å². The zero-order valence-corrected chi connectivity index (χ0v) is 9.96. The Labute approximate surface area is 97.6 Å². The van der Waals surface area contributed by atoms with Gasteiger partial charge in [-0.15, -0.1) is 0 Å². The molecule has 1 saturated heterocycles. The summed E-state index contributed by atoms with van der Waals surface area (Å²) >= 11 is 3.42. The number of benzene rings is 1. The summed E-state index contributed by atoms with van der Waals surface area (Å²) in [7, 11) is 0. The Balaban J connectivity index is 2.04. The number of halogens is 1. The van der Waals surface area contributed by atoms with Crippen molar-refractivity contribution in [2.24, 2.45) is 0 Å². The maximum Gasteiger partial charge on any atom is 0.237 e. The monoisotopic (exact) mass is 268 g/mol. The summed E-state index contributed by atoms with van der Waals surface area (Å²) in [6, 6.07) is 8.01.